The fourth-order valence-corrected chi connectivity index (χ4v) is 4.85. The zero-order valence-electron chi connectivity index (χ0n) is 15.0. The largest absolute Gasteiger partial charge is 0.268 e. The van der Waals surface area contributed by atoms with Gasteiger partial charge in [-0.15, -0.1) is 65.3 Å². The van der Waals surface area contributed by atoms with Gasteiger partial charge in [0.15, 0.2) is 0 Å². The smallest absolute Gasteiger partial charge is 0.0160 e. The number of halogens is 3. The van der Waals surface area contributed by atoms with E-state index in [0.717, 1.165) is 12.6 Å². The molecule has 0 heterocycles. The van der Waals surface area contributed by atoms with Crippen molar-refractivity contribution in [1.82, 2.24) is 0 Å². The monoisotopic (exact) mass is 635 g/mol. The molecule has 26 heavy (non-hydrogen) atoms. The predicted octanol–water partition coefficient (Wildman–Crippen LogP) is 7.13. The van der Waals surface area contributed by atoms with Crippen molar-refractivity contribution in [2.24, 2.45) is 0 Å². The zero-order chi connectivity index (χ0) is 15.4. The molecule has 3 rings (SSSR count). The number of rotatable bonds is 5. The van der Waals surface area contributed by atoms with Crippen molar-refractivity contribution in [2.75, 3.05) is 19.5 Å². The molecule has 0 nitrogen and oxygen atoms in total. The molecule has 0 aromatic heterocycles. The minimum atomic E-state index is -0.0648. The summed E-state index contributed by atoms with van der Waals surface area (Å²) in [7, 11) is -0.0465. The van der Waals surface area contributed by atoms with Gasteiger partial charge in [-0.25, -0.2) is 11.6 Å². The minimum Gasteiger partial charge on any atom is -0.268 e. The first-order valence-electron chi connectivity index (χ1n) is 7.77. The Balaban J connectivity index is 0. The van der Waals surface area contributed by atoms with Gasteiger partial charge in [0.05, 0.1) is 0 Å². The molecule has 2 aromatic rings. The van der Waals surface area contributed by atoms with Gasteiger partial charge in [0.2, 0.25) is 0 Å². The van der Waals surface area contributed by atoms with Gasteiger partial charge in [0, 0.05) is 31.6 Å². The van der Waals surface area contributed by atoms with E-state index < -0.39 is 0 Å². The molecule has 0 saturated carbocycles. The van der Waals surface area contributed by atoms with Crippen LogP contribution in [-0.4, -0.2) is 19.5 Å². The Morgan fingerprint density at radius 2 is 1.31 bits per heavy atom. The number of hydrogen-bond acceptors (Lipinski definition) is 0. The fourth-order valence-electron chi connectivity index (χ4n) is 3.36. The third-order valence-electron chi connectivity index (χ3n) is 4.24. The third kappa shape index (κ3) is 6.35. The normalized spacial score (nSPS) is 12.2. The molecule has 0 fully saturated rings. The second-order valence-electron chi connectivity index (χ2n) is 6.07. The van der Waals surface area contributed by atoms with Crippen molar-refractivity contribution < 1.29 is 26.2 Å². The van der Waals surface area contributed by atoms with Gasteiger partial charge in [-0.1, -0.05) is 60.7 Å². The molecule has 1 aliphatic carbocycles. The Hall–Kier alpha value is 0.673. The van der Waals surface area contributed by atoms with Crippen molar-refractivity contribution in [3.8, 4) is 0 Å². The number of allylic oxidation sites excluding steroid dienone is 4. The van der Waals surface area contributed by atoms with Gasteiger partial charge >= 0.3 is 0 Å². The van der Waals surface area contributed by atoms with Crippen LogP contribution >= 0.6 is 58.9 Å². The van der Waals surface area contributed by atoms with Crippen molar-refractivity contribution in [3.05, 3.63) is 95.6 Å². The summed E-state index contributed by atoms with van der Waals surface area (Å²) in [6.07, 6.45) is 10.2. The number of benzene rings is 2. The van der Waals surface area contributed by atoms with Gasteiger partial charge < -0.3 is 0 Å². The molecule has 0 unspecified atom stereocenters. The molecular formula is C21H25Br3PZr-. The summed E-state index contributed by atoms with van der Waals surface area (Å²) in [5.74, 6) is 0. The standard InChI is InChI=1S/C21H22P.3BrH.Zr/c1-22(2)17-21(20-15-9-10-16-20,18-11-5-3-6-12-18)19-13-7-4-8-14-19;;;;/h3-9,11-15H,10,17H2,1-2H3;3*1H;/q-1;;;;. The van der Waals surface area contributed by atoms with E-state index in [0.29, 0.717) is 0 Å². The van der Waals surface area contributed by atoms with Crippen LogP contribution in [0.1, 0.15) is 17.5 Å². The van der Waals surface area contributed by atoms with Gasteiger partial charge in [-0.2, -0.15) is 6.08 Å². The van der Waals surface area contributed by atoms with Crippen LogP contribution in [0, 0.1) is 6.08 Å². The summed E-state index contributed by atoms with van der Waals surface area (Å²) in [5, 5.41) is 0. The van der Waals surface area contributed by atoms with Gasteiger partial charge in [0.1, 0.15) is 0 Å². The van der Waals surface area contributed by atoms with Crippen LogP contribution in [0.3, 0.4) is 0 Å². The second-order valence-corrected chi connectivity index (χ2v) is 8.55. The average molecular weight is 639 g/mol. The van der Waals surface area contributed by atoms with E-state index in [9.17, 15) is 0 Å². The van der Waals surface area contributed by atoms with E-state index in [1.165, 1.54) is 16.7 Å². The molecule has 0 aliphatic heterocycles. The van der Waals surface area contributed by atoms with Crippen LogP contribution in [0.5, 0.6) is 0 Å². The van der Waals surface area contributed by atoms with Gasteiger partial charge in [-0.05, 0) is 30.6 Å². The molecule has 2 aromatic carbocycles. The Morgan fingerprint density at radius 3 is 1.65 bits per heavy atom. The molecule has 0 N–H and O–H groups in total. The molecule has 0 amide bonds. The van der Waals surface area contributed by atoms with E-state index in [-0.39, 0.29) is 90.5 Å². The molecule has 5 heteroatoms. The van der Waals surface area contributed by atoms with Crippen LogP contribution in [0.25, 0.3) is 0 Å². The summed E-state index contributed by atoms with van der Waals surface area (Å²) in [4.78, 5) is 0. The van der Waals surface area contributed by atoms with E-state index >= 15 is 0 Å². The Kier molecular flexibility index (Phi) is 15.3. The summed E-state index contributed by atoms with van der Waals surface area (Å²) < 4.78 is 0. The van der Waals surface area contributed by atoms with Gasteiger partial charge in [-0.3, -0.25) is 6.08 Å². The Morgan fingerprint density at radius 1 is 0.846 bits per heavy atom. The van der Waals surface area contributed by atoms with Crippen molar-refractivity contribution >= 4 is 58.9 Å². The first kappa shape index (κ1) is 28.9. The van der Waals surface area contributed by atoms with Crippen molar-refractivity contribution in [3.63, 3.8) is 0 Å². The minimum absolute atomic E-state index is 0. The molecule has 140 valence electrons. The molecule has 0 bridgehead atoms. The second kappa shape index (κ2) is 13.8. The molecule has 0 atom stereocenters. The van der Waals surface area contributed by atoms with E-state index in [4.69, 9.17) is 0 Å². The maximum Gasteiger partial charge on any atom is 0.0160 e. The molecule has 1 aliphatic rings. The summed E-state index contributed by atoms with van der Waals surface area (Å²) in [5.41, 5.74) is 4.03. The van der Waals surface area contributed by atoms with E-state index in [1.54, 1.807) is 0 Å². The fraction of sp³-hybridized carbons (Fsp3) is 0.238. The van der Waals surface area contributed by atoms with Crippen LogP contribution in [-0.2, 0) is 31.6 Å². The van der Waals surface area contributed by atoms with Crippen LogP contribution < -0.4 is 0 Å². The number of hydrogen-bond donors (Lipinski definition) is 0. The first-order chi connectivity index (χ1) is 10.7. The predicted molar refractivity (Wildman–Crippen MR) is 129 cm³/mol. The van der Waals surface area contributed by atoms with Crippen LogP contribution in [0.2, 0.25) is 0 Å². The summed E-state index contributed by atoms with van der Waals surface area (Å²) >= 11 is 0. The first-order valence-corrected chi connectivity index (χ1v) is 10.2. The van der Waals surface area contributed by atoms with E-state index in [1.807, 2.05) is 0 Å². The maximum absolute atomic E-state index is 3.62. The SMILES string of the molecule is Br.Br.Br.CP(C)CC(C1=[C-]CC=C1)(c1ccccc1)c1ccccc1.[Zr]. The molecular weight excluding hydrogens is 614 g/mol. The summed E-state index contributed by atoms with van der Waals surface area (Å²) in [6.45, 7) is 4.74. The Bertz CT molecular complexity index is 645. The average Bonchev–Trinajstić information content (AvgIpc) is 3.09. The van der Waals surface area contributed by atoms with Crippen molar-refractivity contribution in [2.45, 2.75) is 11.8 Å². The molecule has 0 spiro atoms. The van der Waals surface area contributed by atoms with Gasteiger partial charge in [0.25, 0.3) is 0 Å². The summed E-state index contributed by atoms with van der Waals surface area (Å²) in [6, 6.07) is 21.9. The van der Waals surface area contributed by atoms with Crippen LogP contribution in [0.15, 0.2) is 78.4 Å². The maximum atomic E-state index is 3.62. The third-order valence-corrected chi connectivity index (χ3v) is 5.35. The molecule has 0 radical (unpaired) electrons. The van der Waals surface area contributed by atoms with Crippen LogP contribution in [0.4, 0.5) is 0 Å². The van der Waals surface area contributed by atoms with E-state index in [2.05, 4.69) is 92.2 Å². The molecule has 0 saturated heterocycles. The topological polar surface area (TPSA) is 0 Å². The zero-order valence-corrected chi connectivity index (χ0v) is 23.5. The Labute approximate surface area is 210 Å². The quantitative estimate of drug-likeness (QED) is 0.241. The van der Waals surface area contributed by atoms with Crippen molar-refractivity contribution in [1.29, 1.82) is 0 Å².